The van der Waals surface area contributed by atoms with Crippen molar-refractivity contribution in [2.45, 2.75) is 58.5 Å². The van der Waals surface area contributed by atoms with Crippen molar-refractivity contribution < 1.29 is 9.59 Å². The third kappa shape index (κ3) is 3.22. The van der Waals surface area contributed by atoms with E-state index in [2.05, 4.69) is 12.2 Å². The molecular formula is C12H22N2O2. The summed E-state index contributed by atoms with van der Waals surface area (Å²) in [5, 5.41) is 2.65. The van der Waals surface area contributed by atoms with E-state index in [0.717, 1.165) is 32.2 Å². The topological polar surface area (TPSA) is 49.4 Å². The Kier molecular flexibility index (Phi) is 4.77. The van der Waals surface area contributed by atoms with Crippen LogP contribution < -0.4 is 5.32 Å². The summed E-state index contributed by atoms with van der Waals surface area (Å²) in [6.45, 7) is 6.51. The summed E-state index contributed by atoms with van der Waals surface area (Å²) in [7, 11) is 0. The Balaban J connectivity index is 2.60. The first-order chi connectivity index (χ1) is 7.56. The summed E-state index contributed by atoms with van der Waals surface area (Å²) in [5.74, 6) is -0.824. The van der Waals surface area contributed by atoms with Crippen LogP contribution in [0.3, 0.4) is 0 Å². The number of piperidine rings is 1. The molecule has 1 aliphatic rings. The van der Waals surface area contributed by atoms with Crippen LogP contribution in [0.1, 0.15) is 46.5 Å². The zero-order valence-corrected chi connectivity index (χ0v) is 10.5. The summed E-state index contributed by atoms with van der Waals surface area (Å²) in [5.41, 5.74) is 0. The Labute approximate surface area is 97.4 Å². The molecule has 1 unspecified atom stereocenters. The zero-order chi connectivity index (χ0) is 12.1. The van der Waals surface area contributed by atoms with Crippen molar-refractivity contribution in [2.24, 2.45) is 0 Å². The van der Waals surface area contributed by atoms with Crippen LogP contribution in [0.5, 0.6) is 0 Å². The minimum Gasteiger partial charge on any atom is -0.346 e. The number of hydrogen-bond acceptors (Lipinski definition) is 2. The van der Waals surface area contributed by atoms with Crippen LogP contribution >= 0.6 is 0 Å². The molecule has 0 aromatic rings. The zero-order valence-electron chi connectivity index (χ0n) is 10.5. The van der Waals surface area contributed by atoms with E-state index in [0.29, 0.717) is 0 Å². The number of nitrogens with zero attached hydrogens (tertiary/aromatic N) is 1. The van der Waals surface area contributed by atoms with Crippen LogP contribution in [0.2, 0.25) is 0 Å². The predicted molar refractivity (Wildman–Crippen MR) is 62.9 cm³/mol. The summed E-state index contributed by atoms with van der Waals surface area (Å²) in [4.78, 5) is 25.3. The van der Waals surface area contributed by atoms with Gasteiger partial charge in [-0.05, 0) is 39.5 Å². The van der Waals surface area contributed by atoms with Gasteiger partial charge in [0.25, 0.3) is 0 Å². The van der Waals surface area contributed by atoms with Gasteiger partial charge in [0, 0.05) is 18.6 Å². The Morgan fingerprint density at radius 2 is 2.06 bits per heavy atom. The molecule has 0 radical (unpaired) electrons. The van der Waals surface area contributed by atoms with Crippen LogP contribution in [0.4, 0.5) is 0 Å². The molecule has 1 atom stereocenters. The molecule has 1 saturated heterocycles. The highest BCUT2D eigenvalue weighted by Crippen LogP contribution is 2.19. The largest absolute Gasteiger partial charge is 0.346 e. The highest BCUT2D eigenvalue weighted by molar-refractivity contribution is 6.35. The fourth-order valence-corrected chi connectivity index (χ4v) is 2.15. The molecule has 0 aromatic heterocycles. The number of carbonyl (C=O) groups excluding carboxylic acids is 2. The fourth-order valence-electron chi connectivity index (χ4n) is 2.15. The second kappa shape index (κ2) is 5.87. The molecule has 4 nitrogen and oxygen atoms in total. The van der Waals surface area contributed by atoms with E-state index < -0.39 is 5.91 Å². The minimum absolute atomic E-state index is 0.0151. The smallest absolute Gasteiger partial charge is 0.312 e. The van der Waals surface area contributed by atoms with E-state index in [-0.39, 0.29) is 18.0 Å². The Hall–Kier alpha value is -1.06. The number of nitrogens with one attached hydrogen (secondary N) is 1. The molecule has 92 valence electrons. The monoisotopic (exact) mass is 226 g/mol. The van der Waals surface area contributed by atoms with Gasteiger partial charge < -0.3 is 10.2 Å². The maximum Gasteiger partial charge on any atom is 0.312 e. The SMILES string of the molecule is CCC1CCCCN1C(=O)C(=O)NC(C)C. The lowest BCUT2D eigenvalue weighted by molar-refractivity contribution is -0.148. The lowest BCUT2D eigenvalue weighted by Gasteiger charge is -2.34. The van der Waals surface area contributed by atoms with E-state index in [1.165, 1.54) is 0 Å². The van der Waals surface area contributed by atoms with Gasteiger partial charge in [0.15, 0.2) is 0 Å². The first-order valence-electron chi connectivity index (χ1n) is 6.17. The lowest BCUT2D eigenvalue weighted by atomic mass is 10.00. The molecule has 1 fully saturated rings. The van der Waals surface area contributed by atoms with E-state index in [4.69, 9.17) is 0 Å². The minimum atomic E-state index is -0.463. The van der Waals surface area contributed by atoms with E-state index >= 15 is 0 Å². The van der Waals surface area contributed by atoms with Crippen molar-refractivity contribution in [2.75, 3.05) is 6.54 Å². The van der Waals surface area contributed by atoms with E-state index in [1.54, 1.807) is 4.90 Å². The number of amides is 2. The molecule has 1 N–H and O–H groups in total. The summed E-state index contributed by atoms with van der Waals surface area (Å²) in [6.07, 6.45) is 4.13. The van der Waals surface area contributed by atoms with Gasteiger partial charge in [-0.1, -0.05) is 6.92 Å². The molecule has 0 aliphatic carbocycles. The quantitative estimate of drug-likeness (QED) is 0.722. The van der Waals surface area contributed by atoms with Gasteiger partial charge in [-0.25, -0.2) is 0 Å². The molecule has 16 heavy (non-hydrogen) atoms. The molecule has 2 amide bonds. The van der Waals surface area contributed by atoms with Crippen LogP contribution in [-0.4, -0.2) is 35.3 Å². The fraction of sp³-hybridized carbons (Fsp3) is 0.833. The molecule has 4 heteroatoms. The maximum absolute atomic E-state index is 11.9. The summed E-state index contributed by atoms with van der Waals surface area (Å²) in [6, 6.07) is 0.264. The van der Waals surface area contributed by atoms with Crippen molar-refractivity contribution in [3.63, 3.8) is 0 Å². The van der Waals surface area contributed by atoms with Crippen molar-refractivity contribution >= 4 is 11.8 Å². The highest BCUT2D eigenvalue weighted by Gasteiger charge is 2.29. The maximum atomic E-state index is 11.9. The second-order valence-electron chi connectivity index (χ2n) is 4.68. The molecule has 0 aromatic carbocycles. The molecule has 1 aliphatic heterocycles. The van der Waals surface area contributed by atoms with Crippen LogP contribution in [-0.2, 0) is 9.59 Å². The Morgan fingerprint density at radius 3 is 2.62 bits per heavy atom. The standard InChI is InChI=1S/C12H22N2O2/c1-4-10-7-5-6-8-14(10)12(16)11(15)13-9(2)3/h9-10H,4-8H2,1-3H3,(H,13,15). The van der Waals surface area contributed by atoms with Crippen molar-refractivity contribution in [3.8, 4) is 0 Å². The number of hydrogen-bond donors (Lipinski definition) is 1. The van der Waals surface area contributed by atoms with Crippen molar-refractivity contribution in [1.29, 1.82) is 0 Å². The van der Waals surface area contributed by atoms with Gasteiger partial charge in [0.05, 0.1) is 0 Å². The lowest BCUT2D eigenvalue weighted by Crippen LogP contribution is -2.50. The Bertz CT molecular complexity index is 264. The molecule has 1 heterocycles. The highest BCUT2D eigenvalue weighted by atomic mass is 16.2. The Morgan fingerprint density at radius 1 is 1.38 bits per heavy atom. The summed E-state index contributed by atoms with van der Waals surface area (Å²) < 4.78 is 0. The van der Waals surface area contributed by atoms with Crippen molar-refractivity contribution in [3.05, 3.63) is 0 Å². The van der Waals surface area contributed by atoms with Gasteiger partial charge in [-0.15, -0.1) is 0 Å². The second-order valence-corrected chi connectivity index (χ2v) is 4.68. The predicted octanol–water partition coefficient (Wildman–Crippen LogP) is 1.30. The molecule has 0 spiro atoms. The molecule has 0 saturated carbocycles. The first-order valence-corrected chi connectivity index (χ1v) is 6.17. The third-order valence-corrected chi connectivity index (χ3v) is 2.97. The van der Waals surface area contributed by atoms with Crippen molar-refractivity contribution in [1.82, 2.24) is 10.2 Å². The average molecular weight is 226 g/mol. The van der Waals surface area contributed by atoms with Gasteiger partial charge in [0.1, 0.15) is 0 Å². The van der Waals surface area contributed by atoms with Gasteiger partial charge in [0.2, 0.25) is 0 Å². The van der Waals surface area contributed by atoms with E-state index in [9.17, 15) is 9.59 Å². The molecular weight excluding hydrogens is 204 g/mol. The van der Waals surface area contributed by atoms with Gasteiger partial charge in [-0.3, -0.25) is 9.59 Å². The van der Waals surface area contributed by atoms with Crippen LogP contribution in [0, 0.1) is 0 Å². The van der Waals surface area contributed by atoms with Crippen LogP contribution in [0.15, 0.2) is 0 Å². The van der Waals surface area contributed by atoms with Gasteiger partial charge in [-0.2, -0.15) is 0 Å². The number of likely N-dealkylation sites (tertiary alicyclic amines) is 1. The number of rotatable bonds is 2. The molecule has 1 rings (SSSR count). The summed E-state index contributed by atoms with van der Waals surface area (Å²) >= 11 is 0. The average Bonchev–Trinajstić information content (AvgIpc) is 2.27. The van der Waals surface area contributed by atoms with E-state index in [1.807, 2.05) is 13.8 Å². The third-order valence-electron chi connectivity index (χ3n) is 2.97. The van der Waals surface area contributed by atoms with Gasteiger partial charge >= 0.3 is 11.8 Å². The molecule has 0 bridgehead atoms. The number of carbonyl (C=O) groups is 2. The normalized spacial score (nSPS) is 21.0. The van der Waals surface area contributed by atoms with Crippen LogP contribution in [0.25, 0.3) is 0 Å². The first kappa shape index (κ1) is 13.0.